The molecule has 4 saturated heterocycles. The minimum Gasteiger partial charge on any atom is -0.370 e. The third kappa shape index (κ3) is 9.38. The van der Waals surface area contributed by atoms with Gasteiger partial charge < -0.3 is 47.7 Å². The van der Waals surface area contributed by atoms with Crippen LogP contribution in [0.1, 0.15) is 59.7 Å². The maximum absolute atomic E-state index is 14.1. The molecule has 0 aliphatic carbocycles. The summed E-state index contributed by atoms with van der Waals surface area (Å²) in [5, 5.41) is 10.6. The second-order valence-electron chi connectivity index (χ2n) is 14.7. The van der Waals surface area contributed by atoms with Gasteiger partial charge in [-0.2, -0.15) is 26.3 Å². The molecule has 3 aromatic rings. The second-order valence-corrected chi connectivity index (χ2v) is 14.7. The monoisotopic (exact) mass is 812 g/mol. The number of aliphatic hydroxyl groups excluding tert-OH is 1. The smallest absolute Gasteiger partial charge is 0.370 e. The lowest BCUT2D eigenvalue weighted by Crippen LogP contribution is -2.64. The molecule has 0 radical (unpaired) electrons. The van der Waals surface area contributed by atoms with E-state index in [1.54, 1.807) is 57.2 Å². The molecule has 3 aromatic carbocycles. The Kier molecular flexibility index (Phi) is 12.2. The van der Waals surface area contributed by atoms with Crippen LogP contribution in [0.4, 0.5) is 26.3 Å². The van der Waals surface area contributed by atoms with E-state index in [1.807, 2.05) is 24.3 Å². The van der Waals surface area contributed by atoms with E-state index in [0.29, 0.717) is 17.7 Å². The van der Waals surface area contributed by atoms with Gasteiger partial charge in [-0.1, -0.05) is 66.7 Å². The predicted octanol–water partition coefficient (Wildman–Crippen LogP) is 6.40. The highest BCUT2D eigenvalue weighted by Crippen LogP contribution is 2.41. The van der Waals surface area contributed by atoms with Crippen LogP contribution in [0.5, 0.6) is 0 Å². The van der Waals surface area contributed by atoms with Crippen molar-refractivity contribution in [3.63, 3.8) is 0 Å². The Labute approximate surface area is 324 Å². The Hall–Kier alpha value is -3.49. The SMILES string of the molecule is C[C@@H]1O[C@@H](O)[C@@H]2OC(C)(C)O[C@@H]2[C@H]1OC[C@@H]1O[C@@H]2COC(c3ccccc3)O[C@H]2[C@H](OCc2ccccc2)[C@@H]1OCC(=O)c1ccc(C(F)(F)F)cc1C(F)(F)F. The van der Waals surface area contributed by atoms with Gasteiger partial charge in [0.25, 0.3) is 0 Å². The summed E-state index contributed by atoms with van der Waals surface area (Å²) in [5.41, 5.74) is -2.89. The minimum atomic E-state index is -5.29. The number of alkyl halides is 6. The number of Topliss-reactive ketones (excluding diaryl/α,β-unsaturated/α-hetero) is 1. The summed E-state index contributed by atoms with van der Waals surface area (Å²) in [5.74, 6) is -2.32. The molecule has 0 aromatic heterocycles. The molecule has 0 bridgehead atoms. The molecule has 11 atom stereocenters. The van der Waals surface area contributed by atoms with Gasteiger partial charge in [0.1, 0.15) is 55.4 Å². The summed E-state index contributed by atoms with van der Waals surface area (Å²) in [4.78, 5) is 13.6. The maximum Gasteiger partial charge on any atom is 0.417 e. The van der Waals surface area contributed by atoms with Gasteiger partial charge in [0.15, 0.2) is 24.2 Å². The third-order valence-electron chi connectivity index (χ3n) is 10.2. The van der Waals surface area contributed by atoms with Gasteiger partial charge in [0, 0.05) is 11.1 Å². The van der Waals surface area contributed by atoms with Crippen LogP contribution < -0.4 is 0 Å². The van der Waals surface area contributed by atoms with E-state index < -0.39 is 115 Å². The van der Waals surface area contributed by atoms with Gasteiger partial charge in [0.05, 0.1) is 37.1 Å². The van der Waals surface area contributed by atoms with Crippen LogP contribution >= 0.6 is 0 Å². The van der Waals surface area contributed by atoms with E-state index >= 15 is 0 Å². The Morgan fingerprint density at radius 3 is 2.16 bits per heavy atom. The number of carbonyl (C=O) groups is 1. The zero-order valence-corrected chi connectivity index (χ0v) is 31.0. The molecule has 310 valence electrons. The van der Waals surface area contributed by atoms with Crippen molar-refractivity contribution in [2.75, 3.05) is 19.8 Å². The Morgan fingerprint density at radius 1 is 0.789 bits per heavy atom. The molecule has 4 aliphatic rings. The summed E-state index contributed by atoms with van der Waals surface area (Å²) in [6, 6.07) is 18.9. The number of rotatable bonds is 11. The van der Waals surface area contributed by atoms with E-state index in [0.717, 1.165) is 5.56 Å². The number of ether oxygens (including phenoxy) is 9. The topological polar surface area (TPSA) is 120 Å². The van der Waals surface area contributed by atoms with Crippen molar-refractivity contribution in [1.82, 2.24) is 0 Å². The molecule has 0 saturated carbocycles. The van der Waals surface area contributed by atoms with E-state index in [1.165, 1.54) is 0 Å². The number of carbonyl (C=O) groups excluding carboxylic acids is 1. The van der Waals surface area contributed by atoms with Crippen molar-refractivity contribution in [3.8, 4) is 0 Å². The van der Waals surface area contributed by atoms with Gasteiger partial charge in [-0.25, -0.2) is 0 Å². The number of halogens is 6. The van der Waals surface area contributed by atoms with Crippen LogP contribution in [0.2, 0.25) is 0 Å². The highest BCUT2D eigenvalue weighted by Gasteiger charge is 2.56. The van der Waals surface area contributed by atoms with Crippen LogP contribution in [-0.4, -0.2) is 97.7 Å². The normalized spacial score (nSPS) is 32.7. The van der Waals surface area contributed by atoms with Gasteiger partial charge in [-0.15, -0.1) is 0 Å². The molecule has 1 N–H and O–H groups in total. The number of hydrogen-bond donors (Lipinski definition) is 1. The second kappa shape index (κ2) is 16.6. The van der Waals surface area contributed by atoms with E-state index in [2.05, 4.69) is 0 Å². The molecule has 7 rings (SSSR count). The van der Waals surface area contributed by atoms with Crippen molar-refractivity contribution in [2.45, 2.75) is 113 Å². The summed E-state index contributed by atoms with van der Waals surface area (Å²) in [6.45, 7) is 3.77. The van der Waals surface area contributed by atoms with Gasteiger partial charge >= 0.3 is 12.4 Å². The van der Waals surface area contributed by atoms with Gasteiger partial charge in [-0.05, 0) is 38.5 Å². The average molecular weight is 813 g/mol. The summed E-state index contributed by atoms with van der Waals surface area (Å²) >= 11 is 0. The zero-order chi connectivity index (χ0) is 40.7. The summed E-state index contributed by atoms with van der Waals surface area (Å²) < 4.78 is 138. The molecule has 4 aliphatic heterocycles. The fourth-order valence-electron chi connectivity index (χ4n) is 7.55. The number of ketones is 1. The number of aliphatic hydroxyl groups is 1. The van der Waals surface area contributed by atoms with Crippen molar-refractivity contribution in [2.24, 2.45) is 0 Å². The lowest BCUT2D eigenvalue weighted by atomic mass is 9.93. The maximum atomic E-state index is 14.1. The molecule has 4 heterocycles. The van der Waals surface area contributed by atoms with Crippen LogP contribution in [0.25, 0.3) is 0 Å². The lowest BCUT2D eigenvalue weighted by Gasteiger charge is -2.49. The quantitative estimate of drug-likeness (QED) is 0.171. The van der Waals surface area contributed by atoms with Gasteiger partial charge in [0.2, 0.25) is 0 Å². The highest BCUT2D eigenvalue weighted by molar-refractivity contribution is 5.98. The van der Waals surface area contributed by atoms with Crippen LogP contribution in [0.15, 0.2) is 78.9 Å². The first kappa shape index (κ1) is 41.7. The Morgan fingerprint density at radius 2 is 1.47 bits per heavy atom. The Bertz CT molecular complexity index is 1830. The molecule has 0 amide bonds. The number of benzene rings is 3. The highest BCUT2D eigenvalue weighted by atomic mass is 19.4. The van der Waals surface area contributed by atoms with Crippen molar-refractivity contribution >= 4 is 5.78 Å². The largest absolute Gasteiger partial charge is 0.417 e. The number of hydrogen-bond acceptors (Lipinski definition) is 11. The molecule has 4 fully saturated rings. The van der Waals surface area contributed by atoms with Crippen LogP contribution in [-0.2, 0) is 61.6 Å². The van der Waals surface area contributed by atoms with Crippen LogP contribution in [0.3, 0.4) is 0 Å². The molecular weight excluding hydrogens is 770 g/mol. The van der Waals surface area contributed by atoms with E-state index in [9.17, 15) is 36.2 Å². The molecule has 1 unspecified atom stereocenters. The van der Waals surface area contributed by atoms with Crippen molar-refractivity contribution in [3.05, 3.63) is 107 Å². The molecule has 11 nitrogen and oxygen atoms in total. The fourth-order valence-corrected chi connectivity index (χ4v) is 7.55. The van der Waals surface area contributed by atoms with Crippen LogP contribution in [0, 0.1) is 0 Å². The third-order valence-corrected chi connectivity index (χ3v) is 10.2. The molecule has 0 spiro atoms. The fraction of sp³-hybridized carbons (Fsp3) is 0.525. The minimum absolute atomic E-state index is 0.0167. The summed E-state index contributed by atoms with van der Waals surface area (Å²) in [6.07, 6.45) is -20.9. The van der Waals surface area contributed by atoms with Crippen molar-refractivity contribution in [1.29, 1.82) is 0 Å². The van der Waals surface area contributed by atoms with E-state index in [-0.39, 0.29) is 25.9 Å². The Balaban J connectivity index is 1.20. The molecule has 57 heavy (non-hydrogen) atoms. The molecule has 17 heteroatoms. The lowest BCUT2D eigenvalue weighted by molar-refractivity contribution is -0.344. The van der Waals surface area contributed by atoms with E-state index in [4.69, 9.17) is 42.6 Å². The summed E-state index contributed by atoms with van der Waals surface area (Å²) in [7, 11) is 0. The zero-order valence-electron chi connectivity index (χ0n) is 31.0. The number of fused-ring (bicyclic) bond motifs is 2. The van der Waals surface area contributed by atoms with Gasteiger partial charge in [-0.3, -0.25) is 4.79 Å². The predicted molar refractivity (Wildman–Crippen MR) is 184 cm³/mol. The average Bonchev–Trinajstić information content (AvgIpc) is 3.51. The van der Waals surface area contributed by atoms with Crippen molar-refractivity contribution < 1.29 is 78.9 Å². The first-order chi connectivity index (χ1) is 27.0. The first-order valence-corrected chi connectivity index (χ1v) is 18.4. The standard InChI is InChI=1S/C40H42F6O11/c1-21-30(34-35(36(48)53-21)57-38(2,3)56-34)51-19-28-31(50-18-27(47)25-15-14-24(39(41,42)43)16-26(25)40(44,45)46)33(49-17-22-10-6-4-7-11-22)32-29(54-28)20-52-37(55-32)23-12-8-5-9-13-23/h4-16,21,28-37,48H,17-20H2,1-3H3/t21-,28-,29+,30-,31+,32+,33+,34+,35+,36+,37?/m0/s1. The first-order valence-electron chi connectivity index (χ1n) is 18.4. The molecular formula is C40H42F6O11.